The SMILES string of the molecule is CC(C)Oc1cccc(-c2cc(C(=O)N[C@@H](C)[C@@H]3C[C@H]4CC[C@H]3C4)c3ccccc3n2)c1. The summed E-state index contributed by atoms with van der Waals surface area (Å²) in [5.74, 6) is 3.06. The van der Waals surface area contributed by atoms with Gasteiger partial charge in [-0.2, -0.15) is 0 Å². The van der Waals surface area contributed by atoms with Crippen LogP contribution in [0.1, 0.15) is 56.8 Å². The van der Waals surface area contributed by atoms with Crippen molar-refractivity contribution in [1.29, 1.82) is 0 Å². The van der Waals surface area contributed by atoms with Gasteiger partial charge in [-0.15, -0.1) is 0 Å². The zero-order valence-electron chi connectivity index (χ0n) is 19.2. The van der Waals surface area contributed by atoms with E-state index in [1.165, 1.54) is 25.7 Å². The Morgan fingerprint density at radius 2 is 1.88 bits per heavy atom. The lowest BCUT2D eigenvalue weighted by Crippen LogP contribution is -2.40. The molecule has 0 spiro atoms. The molecular formula is C28H32N2O2. The van der Waals surface area contributed by atoms with E-state index in [9.17, 15) is 4.79 Å². The van der Waals surface area contributed by atoms with E-state index in [0.29, 0.717) is 11.5 Å². The van der Waals surface area contributed by atoms with Gasteiger partial charge in [-0.25, -0.2) is 4.98 Å². The molecule has 0 aliphatic heterocycles. The second kappa shape index (κ2) is 8.57. The summed E-state index contributed by atoms with van der Waals surface area (Å²) < 4.78 is 5.87. The van der Waals surface area contributed by atoms with E-state index in [2.05, 4.69) is 12.2 Å². The van der Waals surface area contributed by atoms with Crippen LogP contribution in [-0.2, 0) is 0 Å². The van der Waals surface area contributed by atoms with Crippen LogP contribution in [0.3, 0.4) is 0 Å². The Balaban J connectivity index is 1.46. The van der Waals surface area contributed by atoms with E-state index in [-0.39, 0.29) is 18.1 Å². The Morgan fingerprint density at radius 1 is 1.03 bits per heavy atom. The molecule has 1 amide bonds. The highest BCUT2D eigenvalue weighted by Crippen LogP contribution is 2.49. The standard InChI is InChI=1S/C28H32N2O2/c1-17(2)32-22-8-6-7-21(15-22)27-16-25(23-9-4-5-10-26(23)30-27)28(31)29-18(3)24-14-19-11-12-20(24)13-19/h4-10,15-20,24H,11-14H2,1-3H3,(H,29,31)/t18-,19-,20-,24-/m0/s1. The van der Waals surface area contributed by atoms with Crippen molar-refractivity contribution in [2.75, 3.05) is 0 Å². The fraction of sp³-hybridized carbons (Fsp3) is 0.429. The summed E-state index contributed by atoms with van der Waals surface area (Å²) in [6.45, 7) is 6.21. The summed E-state index contributed by atoms with van der Waals surface area (Å²) in [5, 5.41) is 4.23. The van der Waals surface area contributed by atoms with Gasteiger partial charge in [-0.3, -0.25) is 4.79 Å². The Morgan fingerprint density at radius 3 is 2.62 bits per heavy atom. The van der Waals surface area contributed by atoms with E-state index in [1.54, 1.807) is 0 Å². The van der Waals surface area contributed by atoms with Crippen molar-refractivity contribution in [3.05, 3.63) is 60.2 Å². The van der Waals surface area contributed by atoms with Crippen LogP contribution >= 0.6 is 0 Å². The largest absolute Gasteiger partial charge is 0.491 e. The lowest BCUT2D eigenvalue weighted by molar-refractivity contribution is 0.0917. The monoisotopic (exact) mass is 428 g/mol. The minimum atomic E-state index is -0.00490. The summed E-state index contributed by atoms with van der Waals surface area (Å²) in [5.41, 5.74) is 3.26. The molecule has 2 saturated carbocycles. The average molecular weight is 429 g/mol. The minimum absolute atomic E-state index is 0.00490. The molecule has 0 radical (unpaired) electrons. The predicted octanol–water partition coefficient (Wildman–Crippen LogP) is 6.24. The number of hydrogen-bond donors (Lipinski definition) is 1. The third kappa shape index (κ3) is 4.11. The van der Waals surface area contributed by atoms with Crippen LogP contribution in [-0.4, -0.2) is 23.0 Å². The van der Waals surface area contributed by atoms with Gasteiger partial charge in [0.25, 0.3) is 5.91 Å². The minimum Gasteiger partial charge on any atom is -0.491 e. The number of benzene rings is 2. The summed E-state index contributed by atoms with van der Waals surface area (Å²) in [7, 11) is 0. The molecule has 166 valence electrons. The number of ether oxygens (including phenoxy) is 1. The molecule has 0 saturated heterocycles. The summed E-state index contributed by atoms with van der Waals surface area (Å²) >= 11 is 0. The maximum absolute atomic E-state index is 13.5. The van der Waals surface area contributed by atoms with E-state index in [4.69, 9.17) is 9.72 Å². The Labute approximate surface area is 190 Å². The molecule has 5 rings (SSSR count). The van der Waals surface area contributed by atoms with E-state index < -0.39 is 0 Å². The number of para-hydroxylation sites is 1. The van der Waals surface area contributed by atoms with Gasteiger partial charge in [-0.05, 0) is 82.1 Å². The van der Waals surface area contributed by atoms with Crippen LogP contribution in [0, 0.1) is 17.8 Å². The second-order valence-electron chi connectivity index (χ2n) is 9.87. The Hall–Kier alpha value is -2.88. The molecule has 2 aliphatic carbocycles. The number of nitrogens with one attached hydrogen (secondary N) is 1. The normalized spacial score (nSPS) is 22.9. The number of hydrogen-bond acceptors (Lipinski definition) is 3. The van der Waals surface area contributed by atoms with Gasteiger partial charge in [-0.1, -0.05) is 36.8 Å². The first-order chi connectivity index (χ1) is 15.5. The maximum atomic E-state index is 13.5. The average Bonchev–Trinajstić information content (AvgIpc) is 3.42. The quantitative estimate of drug-likeness (QED) is 0.505. The van der Waals surface area contributed by atoms with Crippen molar-refractivity contribution < 1.29 is 9.53 Å². The predicted molar refractivity (Wildman–Crippen MR) is 129 cm³/mol. The molecule has 2 aromatic carbocycles. The number of carbonyl (C=O) groups excluding carboxylic acids is 1. The molecule has 2 fully saturated rings. The van der Waals surface area contributed by atoms with Gasteiger partial charge in [0, 0.05) is 17.0 Å². The molecule has 4 nitrogen and oxygen atoms in total. The summed E-state index contributed by atoms with van der Waals surface area (Å²) in [4.78, 5) is 18.3. The number of aromatic nitrogens is 1. The third-order valence-corrected chi connectivity index (χ3v) is 7.26. The van der Waals surface area contributed by atoms with Gasteiger partial charge in [0.2, 0.25) is 0 Å². The van der Waals surface area contributed by atoms with Crippen molar-refractivity contribution in [3.63, 3.8) is 0 Å². The first-order valence-electron chi connectivity index (χ1n) is 12.0. The number of pyridine rings is 1. The molecule has 2 aliphatic rings. The fourth-order valence-electron chi connectivity index (χ4n) is 5.81. The Bertz CT molecular complexity index is 1140. The second-order valence-corrected chi connectivity index (χ2v) is 9.87. The lowest BCUT2D eigenvalue weighted by atomic mass is 9.84. The van der Waals surface area contributed by atoms with E-state index in [0.717, 1.165) is 39.7 Å². The summed E-state index contributed by atoms with van der Waals surface area (Å²) in [6, 6.07) is 18.0. The van der Waals surface area contributed by atoms with Crippen LogP contribution in [0.15, 0.2) is 54.6 Å². The topological polar surface area (TPSA) is 51.2 Å². The van der Waals surface area contributed by atoms with Crippen molar-refractivity contribution in [2.24, 2.45) is 17.8 Å². The van der Waals surface area contributed by atoms with Crippen molar-refractivity contribution in [3.8, 4) is 17.0 Å². The highest BCUT2D eigenvalue weighted by molar-refractivity contribution is 6.07. The van der Waals surface area contributed by atoms with Crippen molar-refractivity contribution in [1.82, 2.24) is 10.3 Å². The van der Waals surface area contributed by atoms with Gasteiger partial charge >= 0.3 is 0 Å². The number of carbonyl (C=O) groups is 1. The van der Waals surface area contributed by atoms with Gasteiger partial charge in [0.15, 0.2) is 0 Å². The third-order valence-electron chi connectivity index (χ3n) is 7.26. The van der Waals surface area contributed by atoms with E-state index >= 15 is 0 Å². The van der Waals surface area contributed by atoms with Gasteiger partial charge < -0.3 is 10.1 Å². The molecule has 0 unspecified atom stereocenters. The van der Waals surface area contributed by atoms with Crippen LogP contribution in [0.2, 0.25) is 0 Å². The van der Waals surface area contributed by atoms with Crippen molar-refractivity contribution in [2.45, 2.75) is 58.6 Å². The zero-order chi connectivity index (χ0) is 22.2. The highest BCUT2D eigenvalue weighted by atomic mass is 16.5. The first-order valence-corrected chi connectivity index (χ1v) is 12.0. The lowest BCUT2D eigenvalue weighted by Gasteiger charge is -2.28. The molecule has 4 heteroatoms. The zero-order valence-corrected chi connectivity index (χ0v) is 19.2. The first kappa shape index (κ1) is 21.0. The molecule has 2 bridgehead atoms. The smallest absolute Gasteiger partial charge is 0.252 e. The Kier molecular flexibility index (Phi) is 5.62. The highest BCUT2D eigenvalue weighted by Gasteiger charge is 2.42. The van der Waals surface area contributed by atoms with Crippen molar-refractivity contribution >= 4 is 16.8 Å². The number of fused-ring (bicyclic) bond motifs is 3. The molecule has 4 atom stereocenters. The van der Waals surface area contributed by atoms with Crippen LogP contribution in [0.25, 0.3) is 22.2 Å². The fourth-order valence-corrected chi connectivity index (χ4v) is 5.81. The van der Waals surface area contributed by atoms with E-state index in [1.807, 2.05) is 68.4 Å². The number of rotatable bonds is 6. The molecular weight excluding hydrogens is 396 g/mol. The van der Waals surface area contributed by atoms with Crippen LogP contribution < -0.4 is 10.1 Å². The van der Waals surface area contributed by atoms with Gasteiger partial charge in [0.1, 0.15) is 5.75 Å². The molecule has 1 N–H and O–H groups in total. The maximum Gasteiger partial charge on any atom is 0.252 e. The molecule has 32 heavy (non-hydrogen) atoms. The molecule has 1 heterocycles. The molecule has 1 aromatic heterocycles. The number of nitrogens with zero attached hydrogens (tertiary/aromatic N) is 1. The van der Waals surface area contributed by atoms with Crippen LogP contribution in [0.4, 0.5) is 0 Å². The van der Waals surface area contributed by atoms with Crippen LogP contribution in [0.5, 0.6) is 5.75 Å². The van der Waals surface area contributed by atoms with Gasteiger partial charge in [0.05, 0.1) is 22.9 Å². The molecule has 3 aromatic rings. The number of amides is 1. The summed E-state index contributed by atoms with van der Waals surface area (Å²) in [6.07, 6.45) is 5.41.